The van der Waals surface area contributed by atoms with Gasteiger partial charge in [-0.25, -0.2) is 16.8 Å². The lowest BCUT2D eigenvalue weighted by Gasteiger charge is -2.42. The molecule has 284 valence electrons. The van der Waals surface area contributed by atoms with Gasteiger partial charge in [-0.05, 0) is 89.3 Å². The van der Waals surface area contributed by atoms with Crippen LogP contribution in [0.1, 0.15) is 53.5 Å². The molecular weight excluding hydrogens is 840 g/mol. The van der Waals surface area contributed by atoms with Crippen LogP contribution in [0.15, 0.2) is 91.5 Å². The first kappa shape index (κ1) is 43.7. The van der Waals surface area contributed by atoms with Crippen LogP contribution < -0.4 is 4.74 Å². The number of aliphatic hydroxyl groups excluding tert-OH is 2. The second-order valence-electron chi connectivity index (χ2n) is 13.5. The lowest BCUT2D eigenvalue weighted by molar-refractivity contribution is 0.0289. The highest BCUT2D eigenvalue weighted by Gasteiger charge is 2.45. The highest BCUT2D eigenvalue weighted by molar-refractivity contribution is 9.10. The number of hydrogen-bond donors (Lipinski definition) is 2. The highest BCUT2D eigenvalue weighted by atomic mass is 79.9. The quantitative estimate of drug-likeness (QED) is 0.0886. The average molecular weight is 893 g/mol. The van der Waals surface area contributed by atoms with E-state index in [4.69, 9.17) is 9.16 Å². The van der Waals surface area contributed by atoms with Gasteiger partial charge in [0.2, 0.25) is 20.0 Å². The number of ether oxygens (including phenoxy) is 1. The van der Waals surface area contributed by atoms with Gasteiger partial charge in [0.15, 0.2) is 8.32 Å². The third-order valence-electron chi connectivity index (χ3n) is 9.37. The molecule has 0 aliphatic heterocycles. The number of benzene rings is 3. The minimum atomic E-state index is -4.36. The fourth-order valence-corrected chi connectivity index (χ4v) is 16.0. The molecule has 0 unspecified atom stereocenters. The summed E-state index contributed by atoms with van der Waals surface area (Å²) in [6.07, 6.45) is -1.30. The molecule has 3 rings (SSSR count). The number of hydrogen-bond acceptors (Lipinski definition) is 8. The van der Waals surface area contributed by atoms with Crippen molar-refractivity contribution in [1.82, 2.24) is 8.61 Å². The third-order valence-corrected chi connectivity index (χ3v) is 20.3. The van der Waals surface area contributed by atoms with Crippen molar-refractivity contribution in [2.45, 2.75) is 93.1 Å². The van der Waals surface area contributed by atoms with Crippen LogP contribution in [0.3, 0.4) is 0 Å². The Balaban J connectivity index is 2.12. The Kier molecular flexibility index (Phi) is 16.4. The molecule has 2 atom stereocenters. The van der Waals surface area contributed by atoms with Crippen molar-refractivity contribution in [2.24, 2.45) is 0 Å². The van der Waals surface area contributed by atoms with Crippen molar-refractivity contribution in [3.63, 3.8) is 0 Å². The lowest BCUT2D eigenvalue weighted by Crippen LogP contribution is -2.54. The average Bonchev–Trinajstić information content (AvgIpc) is 3.08. The van der Waals surface area contributed by atoms with Crippen LogP contribution in [0.4, 0.5) is 0 Å². The fourth-order valence-electron chi connectivity index (χ4n) is 6.82. The van der Waals surface area contributed by atoms with Gasteiger partial charge in [-0.15, -0.1) is 0 Å². The summed E-state index contributed by atoms with van der Waals surface area (Å²) in [6.45, 7) is 11.9. The minimum Gasteiger partial charge on any atom is -0.497 e. The standard InChI is InChI=1S/C36H52Br2N2O8S2Si/c1-26(2)51(27(3)4,28(5)6)48-22-8-21-39(49(43,44)33-17-11-30(37)12-18-33)24-35(36(42)25-41)40(23-29-9-15-32(47-7)16-10-29)50(45,46)34-19-13-31(38)14-20-34/h9-20,26-28,35-36,41-42H,8,21-25H2,1-7H3/t35-,36+/m1/s1. The molecule has 10 nitrogen and oxygen atoms in total. The van der Waals surface area contributed by atoms with Gasteiger partial charge in [0.05, 0.1) is 35.7 Å². The van der Waals surface area contributed by atoms with Crippen molar-refractivity contribution >= 4 is 60.2 Å². The molecule has 0 aliphatic rings. The normalized spacial score (nSPS) is 14.2. The summed E-state index contributed by atoms with van der Waals surface area (Å²) < 4.78 is 73.3. The van der Waals surface area contributed by atoms with E-state index >= 15 is 0 Å². The van der Waals surface area contributed by atoms with E-state index in [2.05, 4.69) is 73.4 Å². The second kappa shape index (κ2) is 19.1. The number of halogens is 2. The van der Waals surface area contributed by atoms with Gasteiger partial charge < -0.3 is 19.4 Å². The van der Waals surface area contributed by atoms with E-state index in [0.29, 0.717) is 49.9 Å². The van der Waals surface area contributed by atoms with Gasteiger partial charge in [0.1, 0.15) is 5.75 Å². The molecule has 0 saturated carbocycles. The number of sulfonamides is 2. The van der Waals surface area contributed by atoms with Crippen molar-refractivity contribution < 1.29 is 36.2 Å². The Labute approximate surface area is 322 Å². The van der Waals surface area contributed by atoms with Gasteiger partial charge >= 0.3 is 0 Å². The summed E-state index contributed by atoms with van der Waals surface area (Å²) in [5.74, 6) is 0.571. The molecule has 0 fully saturated rings. The smallest absolute Gasteiger partial charge is 0.243 e. The molecular formula is C36H52Br2N2O8S2Si. The van der Waals surface area contributed by atoms with Gasteiger partial charge in [-0.1, -0.05) is 85.5 Å². The van der Waals surface area contributed by atoms with Gasteiger partial charge in [-0.2, -0.15) is 8.61 Å². The first-order valence-electron chi connectivity index (χ1n) is 17.0. The molecule has 2 N–H and O–H groups in total. The SMILES string of the molecule is COc1ccc(CN([C@H](CN(CCCO[Si](C(C)C)(C(C)C)C(C)C)S(=O)(=O)c2ccc(Br)cc2)[C@@H](O)CO)S(=O)(=O)c2ccc(Br)cc2)cc1. The first-order valence-corrected chi connectivity index (χ1v) is 23.6. The molecule has 15 heteroatoms. The Bertz CT molecular complexity index is 1720. The third kappa shape index (κ3) is 10.7. The molecule has 3 aromatic rings. The predicted octanol–water partition coefficient (Wildman–Crippen LogP) is 7.41. The zero-order valence-electron chi connectivity index (χ0n) is 30.4. The van der Waals surface area contributed by atoms with Crippen LogP contribution in [0.25, 0.3) is 0 Å². The van der Waals surface area contributed by atoms with E-state index < -0.39 is 53.7 Å². The molecule has 51 heavy (non-hydrogen) atoms. The summed E-state index contributed by atoms with van der Waals surface area (Å²) >= 11 is 6.71. The summed E-state index contributed by atoms with van der Waals surface area (Å²) in [5.41, 5.74) is 1.57. The number of nitrogens with zero attached hydrogens (tertiary/aromatic N) is 2. The van der Waals surface area contributed by atoms with E-state index in [1.54, 1.807) is 48.5 Å². The summed E-state index contributed by atoms with van der Waals surface area (Å²) in [4.78, 5) is -0.0426. The summed E-state index contributed by atoms with van der Waals surface area (Å²) in [5, 5.41) is 21.7. The molecule has 0 radical (unpaired) electrons. The fraction of sp³-hybridized carbons (Fsp3) is 0.500. The van der Waals surface area contributed by atoms with Crippen LogP contribution in [0, 0.1) is 0 Å². The van der Waals surface area contributed by atoms with Gasteiger partial charge in [0, 0.05) is 35.2 Å². The molecule has 3 aromatic carbocycles. The van der Waals surface area contributed by atoms with Crippen molar-refractivity contribution in [2.75, 3.05) is 33.4 Å². The molecule has 0 aromatic heterocycles. The molecule has 0 aliphatic carbocycles. The predicted molar refractivity (Wildman–Crippen MR) is 211 cm³/mol. The number of methoxy groups -OCH3 is 1. The summed E-state index contributed by atoms with van der Waals surface area (Å²) in [6, 6.07) is 17.6. The molecule has 0 heterocycles. The van der Waals surface area contributed by atoms with Gasteiger partial charge in [0.25, 0.3) is 0 Å². The van der Waals surface area contributed by atoms with Crippen LogP contribution in [0.2, 0.25) is 16.6 Å². The zero-order valence-corrected chi connectivity index (χ0v) is 36.2. The molecule has 0 bridgehead atoms. The second-order valence-corrected chi connectivity index (χ2v) is 24.6. The van der Waals surface area contributed by atoms with Crippen molar-refractivity contribution in [3.8, 4) is 5.75 Å². The maximum atomic E-state index is 14.4. The topological polar surface area (TPSA) is 134 Å². The first-order chi connectivity index (χ1) is 23.9. The number of rotatable bonds is 20. The highest BCUT2D eigenvalue weighted by Crippen LogP contribution is 2.42. The van der Waals surface area contributed by atoms with E-state index in [1.807, 2.05) is 0 Å². The van der Waals surface area contributed by atoms with Crippen LogP contribution in [-0.4, -0.2) is 89.5 Å². The Morgan fingerprint density at radius 3 is 1.65 bits per heavy atom. The molecule has 0 saturated heterocycles. The molecule has 0 spiro atoms. The summed E-state index contributed by atoms with van der Waals surface area (Å²) in [7, 11) is -9.31. The van der Waals surface area contributed by atoms with Crippen molar-refractivity contribution in [3.05, 3.63) is 87.3 Å². The maximum Gasteiger partial charge on any atom is 0.243 e. The zero-order chi connectivity index (χ0) is 38.1. The van der Waals surface area contributed by atoms with Crippen LogP contribution in [-0.2, 0) is 31.0 Å². The van der Waals surface area contributed by atoms with E-state index in [-0.39, 0.29) is 22.9 Å². The van der Waals surface area contributed by atoms with Crippen LogP contribution in [0.5, 0.6) is 5.75 Å². The maximum absolute atomic E-state index is 14.4. The van der Waals surface area contributed by atoms with Crippen LogP contribution >= 0.6 is 31.9 Å². The lowest BCUT2D eigenvalue weighted by atomic mass is 10.1. The largest absolute Gasteiger partial charge is 0.497 e. The Hall–Kier alpha value is -1.66. The molecule has 0 amide bonds. The Morgan fingerprint density at radius 1 is 0.745 bits per heavy atom. The minimum absolute atomic E-state index is 0.0107. The van der Waals surface area contributed by atoms with E-state index in [9.17, 15) is 27.0 Å². The van der Waals surface area contributed by atoms with Crippen molar-refractivity contribution in [1.29, 1.82) is 0 Å². The van der Waals surface area contributed by atoms with E-state index in [1.165, 1.54) is 35.7 Å². The Morgan fingerprint density at radius 2 is 1.22 bits per heavy atom. The number of aliphatic hydroxyl groups is 2. The van der Waals surface area contributed by atoms with E-state index in [0.717, 1.165) is 4.31 Å². The van der Waals surface area contributed by atoms with Gasteiger partial charge in [-0.3, -0.25) is 0 Å². The monoisotopic (exact) mass is 890 g/mol.